The summed E-state index contributed by atoms with van der Waals surface area (Å²) in [6.07, 6.45) is 3.86. The summed E-state index contributed by atoms with van der Waals surface area (Å²) in [6.45, 7) is 2.67. The molecule has 0 bridgehead atoms. The lowest BCUT2D eigenvalue weighted by Crippen LogP contribution is -2.43. The van der Waals surface area contributed by atoms with Gasteiger partial charge in [-0.2, -0.15) is 4.31 Å². The third kappa shape index (κ3) is 2.82. The molecule has 2 heterocycles. The topological polar surface area (TPSA) is 63.4 Å². The first-order chi connectivity index (χ1) is 10.1. The Labute approximate surface area is 125 Å². The lowest BCUT2D eigenvalue weighted by molar-refractivity contribution is 0.246. The minimum atomic E-state index is -3.35. The van der Waals surface area contributed by atoms with Crippen LogP contribution in [0.2, 0.25) is 0 Å². The highest BCUT2D eigenvalue weighted by atomic mass is 32.2. The van der Waals surface area contributed by atoms with Gasteiger partial charge in [-0.1, -0.05) is 30.6 Å². The van der Waals surface area contributed by atoms with E-state index in [0.29, 0.717) is 17.8 Å². The van der Waals surface area contributed by atoms with E-state index >= 15 is 0 Å². The van der Waals surface area contributed by atoms with Gasteiger partial charge in [0.15, 0.2) is 5.58 Å². The van der Waals surface area contributed by atoms with Gasteiger partial charge in [-0.05, 0) is 31.4 Å². The average molecular weight is 308 g/mol. The highest BCUT2D eigenvalue weighted by Crippen LogP contribution is 2.26. The normalized spacial score (nSPS) is 20.9. The predicted octanol–water partition coefficient (Wildman–Crippen LogP) is 2.92. The fourth-order valence-corrected chi connectivity index (χ4v) is 4.88. The summed E-state index contributed by atoms with van der Waals surface area (Å²) in [6, 6.07) is 7.50. The van der Waals surface area contributed by atoms with Crippen molar-refractivity contribution < 1.29 is 12.9 Å². The van der Waals surface area contributed by atoms with Gasteiger partial charge >= 0.3 is 0 Å². The van der Waals surface area contributed by atoms with Crippen LogP contribution < -0.4 is 0 Å². The molecule has 1 fully saturated rings. The standard InChI is InChI=1S/C15H20N2O3S/c1-2-12-7-5-6-10-17(12)21(18,19)11-14-13-8-3-4-9-15(13)20-16-14/h3-4,8-9,12H,2,5-7,10-11H2,1H3. The molecule has 21 heavy (non-hydrogen) atoms. The van der Waals surface area contributed by atoms with Gasteiger partial charge in [0.05, 0.1) is 0 Å². The van der Waals surface area contributed by atoms with Crippen LogP contribution in [0.3, 0.4) is 0 Å². The van der Waals surface area contributed by atoms with Gasteiger partial charge in [0, 0.05) is 18.0 Å². The van der Waals surface area contributed by atoms with Crippen LogP contribution in [0.25, 0.3) is 11.0 Å². The van der Waals surface area contributed by atoms with E-state index in [1.54, 1.807) is 10.4 Å². The maximum Gasteiger partial charge on any atom is 0.220 e. The SMILES string of the molecule is CCC1CCCCN1S(=O)(=O)Cc1noc2ccccc12. The van der Waals surface area contributed by atoms with Crippen molar-refractivity contribution in [1.82, 2.24) is 9.46 Å². The highest BCUT2D eigenvalue weighted by molar-refractivity contribution is 7.88. The van der Waals surface area contributed by atoms with Gasteiger partial charge in [0.25, 0.3) is 0 Å². The molecule has 1 aliphatic heterocycles. The Morgan fingerprint density at radius 1 is 1.33 bits per heavy atom. The summed E-state index contributed by atoms with van der Waals surface area (Å²) in [4.78, 5) is 0. The lowest BCUT2D eigenvalue weighted by atomic mass is 10.0. The van der Waals surface area contributed by atoms with Crippen molar-refractivity contribution in [2.24, 2.45) is 0 Å². The Bertz CT molecular complexity index is 723. The first-order valence-electron chi connectivity index (χ1n) is 7.44. The second-order valence-electron chi connectivity index (χ2n) is 5.55. The fourth-order valence-electron chi connectivity index (χ4n) is 3.05. The third-order valence-corrected chi connectivity index (χ3v) is 6.01. The Hall–Kier alpha value is -1.40. The van der Waals surface area contributed by atoms with E-state index in [1.807, 2.05) is 25.1 Å². The molecular weight excluding hydrogens is 288 g/mol. The van der Waals surface area contributed by atoms with Crippen LogP contribution in [0.1, 0.15) is 38.3 Å². The highest BCUT2D eigenvalue weighted by Gasteiger charge is 2.32. The Balaban J connectivity index is 1.88. The molecule has 3 rings (SSSR count). The van der Waals surface area contributed by atoms with Crippen LogP contribution in [-0.2, 0) is 15.8 Å². The number of para-hydroxylation sites is 1. The van der Waals surface area contributed by atoms with Gasteiger partial charge in [0.2, 0.25) is 10.0 Å². The van der Waals surface area contributed by atoms with Crippen LogP contribution >= 0.6 is 0 Å². The number of fused-ring (bicyclic) bond motifs is 1. The summed E-state index contributed by atoms with van der Waals surface area (Å²) in [5, 5.41) is 4.73. The molecule has 1 aromatic carbocycles. The minimum Gasteiger partial charge on any atom is -0.356 e. The lowest BCUT2D eigenvalue weighted by Gasteiger charge is -2.33. The molecule has 1 saturated heterocycles. The molecule has 5 nitrogen and oxygen atoms in total. The van der Waals surface area contributed by atoms with Gasteiger partial charge in [-0.25, -0.2) is 8.42 Å². The van der Waals surface area contributed by atoms with Crippen molar-refractivity contribution in [2.75, 3.05) is 6.54 Å². The zero-order chi connectivity index (χ0) is 14.9. The van der Waals surface area contributed by atoms with E-state index in [4.69, 9.17) is 4.52 Å². The summed E-state index contributed by atoms with van der Waals surface area (Å²) >= 11 is 0. The molecule has 2 aromatic rings. The summed E-state index contributed by atoms with van der Waals surface area (Å²) in [5.41, 5.74) is 1.14. The van der Waals surface area contributed by atoms with E-state index in [-0.39, 0.29) is 11.8 Å². The number of piperidine rings is 1. The molecule has 1 atom stereocenters. The van der Waals surface area contributed by atoms with Crippen molar-refractivity contribution >= 4 is 21.0 Å². The molecular formula is C15H20N2O3S. The molecule has 0 aliphatic carbocycles. The van der Waals surface area contributed by atoms with Crippen LogP contribution in [0, 0.1) is 0 Å². The van der Waals surface area contributed by atoms with Crippen LogP contribution in [0.15, 0.2) is 28.8 Å². The van der Waals surface area contributed by atoms with E-state index in [0.717, 1.165) is 31.1 Å². The number of nitrogens with zero attached hydrogens (tertiary/aromatic N) is 2. The molecule has 1 aromatic heterocycles. The first-order valence-corrected chi connectivity index (χ1v) is 9.05. The Kier molecular flexibility index (Phi) is 3.99. The second kappa shape index (κ2) is 5.77. The quantitative estimate of drug-likeness (QED) is 0.871. The van der Waals surface area contributed by atoms with Gasteiger partial charge in [-0.15, -0.1) is 0 Å². The molecule has 114 valence electrons. The molecule has 0 radical (unpaired) electrons. The summed E-state index contributed by atoms with van der Waals surface area (Å²) in [7, 11) is -3.35. The predicted molar refractivity (Wildman–Crippen MR) is 81.3 cm³/mol. The molecule has 1 unspecified atom stereocenters. The van der Waals surface area contributed by atoms with Crippen LogP contribution in [0.5, 0.6) is 0 Å². The fraction of sp³-hybridized carbons (Fsp3) is 0.533. The van der Waals surface area contributed by atoms with Crippen molar-refractivity contribution in [1.29, 1.82) is 0 Å². The number of sulfonamides is 1. The Morgan fingerprint density at radius 3 is 2.95 bits per heavy atom. The number of aromatic nitrogens is 1. The molecule has 6 heteroatoms. The van der Waals surface area contributed by atoms with Crippen molar-refractivity contribution in [3.8, 4) is 0 Å². The Morgan fingerprint density at radius 2 is 2.14 bits per heavy atom. The van der Waals surface area contributed by atoms with E-state index in [2.05, 4.69) is 5.16 Å². The largest absolute Gasteiger partial charge is 0.356 e. The first kappa shape index (κ1) is 14.5. The molecule has 1 aliphatic rings. The smallest absolute Gasteiger partial charge is 0.220 e. The third-order valence-electron chi connectivity index (χ3n) is 4.17. The second-order valence-corrected chi connectivity index (χ2v) is 7.47. The summed E-state index contributed by atoms with van der Waals surface area (Å²) in [5.74, 6) is -0.0828. The van der Waals surface area contributed by atoms with Gasteiger partial charge < -0.3 is 4.52 Å². The van der Waals surface area contributed by atoms with E-state index in [1.165, 1.54) is 0 Å². The summed E-state index contributed by atoms with van der Waals surface area (Å²) < 4.78 is 32.3. The maximum atomic E-state index is 12.7. The molecule has 0 spiro atoms. The number of rotatable bonds is 4. The van der Waals surface area contributed by atoms with Gasteiger partial charge in [0.1, 0.15) is 11.4 Å². The number of benzene rings is 1. The van der Waals surface area contributed by atoms with Crippen molar-refractivity contribution in [3.63, 3.8) is 0 Å². The van der Waals surface area contributed by atoms with Gasteiger partial charge in [-0.3, -0.25) is 0 Å². The molecule has 0 amide bonds. The number of hydrogen-bond donors (Lipinski definition) is 0. The van der Waals surface area contributed by atoms with E-state index in [9.17, 15) is 8.42 Å². The molecule has 0 N–H and O–H groups in total. The zero-order valence-electron chi connectivity index (χ0n) is 12.2. The molecule has 0 saturated carbocycles. The van der Waals surface area contributed by atoms with Crippen LogP contribution in [-0.4, -0.2) is 30.5 Å². The maximum absolute atomic E-state index is 12.7. The average Bonchev–Trinajstić information content (AvgIpc) is 2.90. The number of hydrogen-bond acceptors (Lipinski definition) is 4. The van der Waals surface area contributed by atoms with Crippen molar-refractivity contribution in [2.45, 2.75) is 44.4 Å². The monoisotopic (exact) mass is 308 g/mol. The van der Waals surface area contributed by atoms with Crippen LogP contribution in [0.4, 0.5) is 0 Å². The van der Waals surface area contributed by atoms with Crippen molar-refractivity contribution in [3.05, 3.63) is 30.0 Å². The minimum absolute atomic E-state index is 0.0828. The van der Waals surface area contributed by atoms with E-state index < -0.39 is 10.0 Å². The zero-order valence-corrected chi connectivity index (χ0v) is 13.0.